The van der Waals surface area contributed by atoms with Crippen LogP contribution in [0.2, 0.25) is 0 Å². The molecule has 2 fully saturated rings. The van der Waals surface area contributed by atoms with Crippen LogP contribution in [-0.4, -0.2) is 24.6 Å². The van der Waals surface area contributed by atoms with Crippen LogP contribution in [0.1, 0.15) is 193 Å². The second-order valence-corrected chi connectivity index (χ2v) is 14.9. The summed E-state index contributed by atoms with van der Waals surface area (Å²) in [7, 11) is 0. The lowest BCUT2D eigenvalue weighted by Crippen LogP contribution is -2.22. The zero-order valence-electron chi connectivity index (χ0n) is 30.0. The molecule has 47 heavy (non-hydrogen) atoms. The van der Waals surface area contributed by atoms with E-state index in [0.29, 0.717) is 23.0 Å². The van der Waals surface area contributed by atoms with Gasteiger partial charge in [-0.15, -0.1) is 0 Å². The number of carbonyl (C=O) groups excluding carboxylic acids is 2. The number of unbranched alkanes of at least 4 members (excludes halogenated alkanes) is 8. The van der Waals surface area contributed by atoms with Crippen LogP contribution in [0.15, 0.2) is 48.5 Å². The summed E-state index contributed by atoms with van der Waals surface area (Å²) in [6.07, 6.45) is 26.2. The molecule has 2 aromatic carbocycles. The average molecular weight is 645 g/mol. The van der Waals surface area contributed by atoms with E-state index in [2.05, 4.69) is 38.1 Å². The van der Waals surface area contributed by atoms with Crippen molar-refractivity contribution in [2.24, 2.45) is 11.8 Å². The normalized spacial score (nSPS) is 22.0. The van der Waals surface area contributed by atoms with Crippen molar-refractivity contribution >= 4 is 11.9 Å². The molecular weight excluding hydrogens is 580 g/mol. The van der Waals surface area contributed by atoms with Crippen molar-refractivity contribution in [3.05, 3.63) is 70.8 Å². The molecule has 0 heterocycles. The third kappa shape index (κ3) is 12.7. The molecule has 4 nitrogen and oxygen atoms in total. The standard InChI is InChI=1S/C43H64O4/c1-4-6-8-10-12-14-34-16-20-36(21-17-34)38-24-28-40(29-25-38)42(44)46-32-33(3)47-43(45)41-30-26-39(27-31-41)37-22-18-35(19-23-37)15-13-11-9-7-5-2/h24-31,33-37H,4-23,32H2,1-3H3. The molecule has 4 rings (SSSR count). The van der Waals surface area contributed by atoms with Crippen LogP contribution < -0.4 is 0 Å². The predicted molar refractivity (Wildman–Crippen MR) is 194 cm³/mol. The third-order valence-electron chi connectivity index (χ3n) is 11.1. The zero-order chi connectivity index (χ0) is 33.3. The minimum Gasteiger partial charge on any atom is -0.458 e. The Hall–Kier alpha value is -2.62. The summed E-state index contributed by atoms with van der Waals surface area (Å²) in [5.41, 5.74) is 3.75. The molecular formula is C43H64O4. The maximum absolute atomic E-state index is 12.8. The molecule has 0 spiro atoms. The van der Waals surface area contributed by atoms with Gasteiger partial charge in [-0.05, 0) is 117 Å². The van der Waals surface area contributed by atoms with E-state index in [4.69, 9.17) is 9.47 Å². The van der Waals surface area contributed by atoms with Crippen LogP contribution in [0.25, 0.3) is 0 Å². The highest BCUT2D eigenvalue weighted by molar-refractivity contribution is 5.90. The lowest BCUT2D eigenvalue weighted by atomic mass is 9.77. The Labute approximate surface area is 286 Å². The van der Waals surface area contributed by atoms with E-state index in [1.54, 1.807) is 6.92 Å². The number of hydrogen-bond acceptors (Lipinski definition) is 4. The van der Waals surface area contributed by atoms with E-state index in [1.165, 1.54) is 140 Å². The Morgan fingerprint density at radius 3 is 1.40 bits per heavy atom. The van der Waals surface area contributed by atoms with Crippen LogP contribution in [-0.2, 0) is 9.47 Å². The second-order valence-electron chi connectivity index (χ2n) is 14.9. The maximum Gasteiger partial charge on any atom is 0.338 e. The van der Waals surface area contributed by atoms with E-state index < -0.39 is 6.10 Å². The first-order valence-electron chi connectivity index (χ1n) is 19.5. The largest absolute Gasteiger partial charge is 0.458 e. The van der Waals surface area contributed by atoms with Gasteiger partial charge in [0.2, 0.25) is 0 Å². The van der Waals surface area contributed by atoms with Crippen molar-refractivity contribution in [1.29, 1.82) is 0 Å². The Morgan fingerprint density at radius 1 is 0.574 bits per heavy atom. The fourth-order valence-electron chi connectivity index (χ4n) is 7.99. The van der Waals surface area contributed by atoms with Crippen LogP contribution in [0.3, 0.4) is 0 Å². The first-order chi connectivity index (χ1) is 23.0. The average Bonchev–Trinajstić information content (AvgIpc) is 3.11. The Morgan fingerprint density at radius 2 is 0.979 bits per heavy atom. The Kier molecular flexibility index (Phi) is 16.4. The minimum atomic E-state index is -0.524. The summed E-state index contributed by atoms with van der Waals surface area (Å²) >= 11 is 0. The summed E-state index contributed by atoms with van der Waals surface area (Å²) in [5.74, 6) is 2.22. The smallest absolute Gasteiger partial charge is 0.338 e. The van der Waals surface area contributed by atoms with Gasteiger partial charge >= 0.3 is 11.9 Å². The van der Waals surface area contributed by atoms with E-state index in [-0.39, 0.29) is 18.5 Å². The van der Waals surface area contributed by atoms with Crippen LogP contribution in [0.4, 0.5) is 0 Å². The number of esters is 2. The molecule has 0 N–H and O–H groups in total. The van der Waals surface area contributed by atoms with E-state index in [1.807, 2.05) is 24.3 Å². The number of ether oxygens (including phenoxy) is 2. The molecule has 0 aliphatic heterocycles. The predicted octanol–water partition coefficient (Wildman–Crippen LogP) is 12.4. The van der Waals surface area contributed by atoms with Crippen molar-refractivity contribution in [1.82, 2.24) is 0 Å². The Bertz CT molecular complexity index is 1150. The molecule has 260 valence electrons. The molecule has 0 aromatic heterocycles. The lowest BCUT2D eigenvalue weighted by molar-refractivity contribution is 0.00447. The van der Waals surface area contributed by atoms with E-state index >= 15 is 0 Å². The van der Waals surface area contributed by atoms with Gasteiger partial charge in [-0.3, -0.25) is 0 Å². The lowest BCUT2D eigenvalue weighted by Gasteiger charge is -2.29. The molecule has 1 atom stereocenters. The molecule has 0 bridgehead atoms. The van der Waals surface area contributed by atoms with Gasteiger partial charge in [-0.25, -0.2) is 9.59 Å². The van der Waals surface area contributed by atoms with Crippen LogP contribution in [0.5, 0.6) is 0 Å². The van der Waals surface area contributed by atoms with Crippen molar-refractivity contribution in [2.45, 2.75) is 167 Å². The summed E-state index contributed by atoms with van der Waals surface area (Å²) < 4.78 is 11.1. The maximum atomic E-state index is 12.8. The summed E-state index contributed by atoms with van der Waals surface area (Å²) in [6, 6.07) is 15.9. The SMILES string of the molecule is CCCCCCCC1CCC(c2ccc(C(=O)OCC(C)OC(=O)c3ccc(C4CCC(CCCCCCC)CC4)cc3)cc2)CC1. The van der Waals surface area contributed by atoms with Crippen molar-refractivity contribution < 1.29 is 19.1 Å². The van der Waals surface area contributed by atoms with Gasteiger partial charge in [-0.1, -0.05) is 115 Å². The number of rotatable bonds is 19. The molecule has 0 saturated heterocycles. The van der Waals surface area contributed by atoms with Crippen LogP contribution in [0, 0.1) is 11.8 Å². The molecule has 4 heteroatoms. The molecule has 2 aromatic rings. The van der Waals surface area contributed by atoms with Crippen molar-refractivity contribution in [3.8, 4) is 0 Å². The molecule has 1 unspecified atom stereocenters. The zero-order valence-corrected chi connectivity index (χ0v) is 30.0. The molecule has 2 aliphatic rings. The quantitative estimate of drug-likeness (QED) is 0.113. The van der Waals surface area contributed by atoms with E-state index in [9.17, 15) is 9.59 Å². The number of hydrogen-bond donors (Lipinski definition) is 0. The van der Waals surface area contributed by atoms with Crippen molar-refractivity contribution in [2.75, 3.05) is 6.61 Å². The van der Waals surface area contributed by atoms with Gasteiger partial charge in [0, 0.05) is 0 Å². The van der Waals surface area contributed by atoms with Gasteiger partial charge < -0.3 is 9.47 Å². The number of benzene rings is 2. The van der Waals surface area contributed by atoms with Gasteiger partial charge in [0.15, 0.2) is 0 Å². The highest BCUT2D eigenvalue weighted by Crippen LogP contribution is 2.39. The number of carbonyl (C=O) groups is 2. The fourth-order valence-corrected chi connectivity index (χ4v) is 7.99. The van der Waals surface area contributed by atoms with Gasteiger partial charge in [0.25, 0.3) is 0 Å². The Balaban J connectivity index is 1.12. The highest BCUT2D eigenvalue weighted by atomic mass is 16.6. The summed E-state index contributed by atoms with van der Waals surface area (Å²) in [4.78, 5) is 25.5. The molecule has 2 aliphatic carbocycles. The first-order valence-corrected chi connectivity index (χ1v) is 19.5. The van der Waals surface area contributed by atoms with Gasteiger partial charge in [0.1, 0.15) is 12.7 Å². The van der Waals surface area contributed by atoms with Gasteiger partial charge in [0.05, 0.1) is 11.1 Å². The first kappa shape index (κ1) is 37.2. The van der Waals surface area contributed by atoms with E-state index in [0.717, 1.165) is 11.8 Å². The monoisotopic (exact) mass is 644 g/mol. The van der Waals surface area contributed by atoms with Gasteiger partial charge in [-0.2, -0.15) is 0 Å². The molecule has 0 amide bonds. The molecule has 0 radical (unpaired) electrons. The molecule has 2 saturated carbocycles. The third-order valence-corrected chi connectivity index (χ3v) is 11.1. The summed E-state index contributed by atoms with van der Waals surface area (Å²) in [6.45, 7) is 6.36. The fraction of sp³-hybridized carbons (Fsp3) is 0.674. The minimum absolute atomic E-state index is 0.0364. The topological polar surface area (TPSA) is 52.6 Å². The highest BCUT2D eigenvalue weighted by Gasteiger charge is 2.24. The van der Waals surface area contributed by atoms with Crippen molar-refractivity contribution in [3.63, 3.8) is 0 Å². The summed E-state index contributed by atoms with van der Waals surface area (Å²) in [5, 5.41) is 0. The second kappa shape index (κ2) is 20.7. The van der Waals surface area contributed by atoms with Crippen LogP contribution >= 0.6 is 0 Å².